The lowest BCUT2D eigenvalue weighted by Gasteiger charge is -2.34. The Labute approximate surface area is 147 Å². The fraction of sp³-hybridized carbons (Fsp3) is 0.526. The minimum absolute atomic E-state index is 0.0453. The van der Waals surface area contributed by atoms with E-state index in [1.165, 1.54) is 16.8 Å². The lowest BCUT2D eigenvalue weighted by atomic mass is 9.74. The maximum Gasteiger partial charge on any atom is 0.272 e. The number of fused-ring (bicyclic) bond motifs is 1. The van der Waals surface area contributed by atoms with E-state index in [1.54, 1.807) is 0 Å². The van der Waals surface area contributed by atoms with Crippen LogP contribution in [0.2, 0.25) is 0 Å². The normalized spacial score (nSPS) is 18.6. The molecule has 25 heavy (non-hydrogen) atoms. The Kier molecular flexibility index (Phi) is 4.54. The number of amides is 1. The Bertz CT molecular complexity index is 848. The van der Waals surface area contributed by atoms with Gasteiger partial charge >= 0.3 is 0 Å². The topological polar surface area (TPSA) is 77.1 Å². The van der Waals surface area contributed by atoms with Gasteiger partial charge in [-0.2, -0.15) is 5.10 Å². The van der Waals surface area contributed by atoms with Crippen LogP contribution in [0.15, 0.2) is 27.4 Å². The maximum absolute atomic E-state index is 12.7. The number of hydrogen-bond acceptors (Lipinski definition) is 4. The van der Waals surface area contributed by atoms with Gasteiger partial charge in [-0.1, -0.05) is 20.8 Å². The molecule has 0 saturated carbocycles. The molecule has 0 saturated heterocycles. The highest BCUT2D eigenvalue weighted by Crippen LogP contribution is 2.42. The summed E-state index contributed by atoms with van der Waals surface area (Å²) in [7, 11) is 0. The van der Waals surface area contributed by atoms with Gasteiger partial charge in [0.15, 0.2) is 0 Å². The standard InChI is InChI=1S/C19H25N3O3/c1-5-8-22-17(23)7-6-14(21-22)18(24)20-15-10-19(3,4)11-16-13(15)9-12(2)25-16/h6-7,9,15H,5,8,10-11H2,1-4H3,(H,20,24). The van der Waals surface area contributed by atoms with E-state index in [9.17, 15) is 9.59 Å². The zero-order chi connectivity index (χ0) is 18.2. The van der Waals surface area contributed by atoms with Crippen LogP contribution in [0.1, 0.15) is 67.2 Å². The molecule has 0 bridgehead atoms. The van der Waals surface area contributed by atoms with E-state index in [1.807, 2.05) is 19.9 Å². The quantitative estimate of drug-likeness (QED) is 0.926. The van der Waals surface area contributed by atoms with Crippen LogP contribution in [-0.2, 0) is 13.0 Å². The predicted molar refractivity (Wildman–Crippen MR) is 94.5 cm³/mol. The van der Waals surface area contributed by atoms with Gasteiger partial charge in [0.2, 0.25) is 0 Å². The first-order valence-electron chi connectivity index (χ1n) is 8.77. The third-order valence-electron chi connectivity index (χ3n) is 4.58. The van der Waals surface area contributed by atoms with Crippen molar-refractivity contribution in [3.63, 3.8) is 0 Å². The molecule has 2 aromatic heterocycles. The molecular formula is C19H25N3O3. The number of aryl methyl sites for hydroxylation is 2. The molecule has 0 aromatic carbocycles. The van der Waals surface area contributed by atoms with Gasteiger partial charge in [0.05, 0.1) is 6.04 Å². The highest BCUT2D eigenvalue weighted by Gasteiger charge is 2.35. The van der Waals surface area contributed by atoms with E-state index in [0.717, 1.165) is 36.3 Å². The number of furan rings is 1. The molecular weight excluding hydrogens is 318 g/mol. The summed E-state index contributed by atoms with van der Waals surface area (Å²) in [5, 5.41) is 7.27. The minimum Gasteiger partial charge on any atom is -0.466 e. The number of hydrogen-bond donors (Lipinski definition) is 1. The van der Waals surface area contributed by atoms with E-state index in [2.05, 4.69) is 24.3 Å². The minimum atomic E-state index is -0.266. The number of carbonyl (C=O) groups is 1. The van der Waals surface area contributed by atoms with E-state index in [4.69, 9.17) is 4.42 Å². The van der Waals surface area contributed by atoms with Crippen molar-refractivity contribution in [3.8, 4) is 0 Å². The second-order valence-electron chi connectivity index (χ2n) is 7.59. The van der Waals surface area contributed by atoms with Gasteiger partial charge < -0.3 is 9.73 Å². The van der Waals surface area contributed by atoms with Crippen LogP contribution in [0, 0.1) is 12.3 Å². The fourth-order valence-electron chi connectivity index (χ4n) is 3.49. The molecule has 0 radical (unpaired) electrons. The number of nitrogens with one attached hydrogen (secondary N) is 1. The molecule has 134 valence electrons. The number of carbonyl (C=O) groups excluding carboxylic acids is 1. The Hall–Kier alpha value is -2.37. The molecule has 1 unspecified atom stereocenters. The Balaban J connectivity index is 1.85. The van der Waals surface area contributed by atoms with Crippen LogP contribution in [-0.4, -0.2) is 15.7 Å². The van der Waals surface area contributed by atoms with Crippen LogP contribution in [0.5, 0.6) is 0 Å². The summed E-state index contributed by atoms with van der Waals surface area (Å²) in [6.07, 6.45) is 2.48. The van der Waals surface area contributed by atoms with E-state index in [0.29, 0.717) is 6.54 Å². The van der Waals surface area contributed by atoms with Crippen LogP contribution in [0.4, 0.5) is 0 Å². The van der Waals surface area contributed by atoms with E-state index >= 15 is 0 Å². The second kappa shape index (κ2) is 6.50. The predicted octanol–water partition coefficient (Wildman–Crippen LogP) is 3.00. The van der Waals surface area contributed by atoms with Gasteiger partial charge in [-0.25, -0.2) is 4.68 Å². The largest absolute Gasteiger partial charge is 0.466 e. The third kappa shape index (κ3) is 3.67. The maximum atomic E-state index is 12.7. The zero-order valence-corrected chi connectivity index (χ0v) is 15.3. The summed E-state index contributed by atoms with van der Waals surface area (Å²) in [5.74, 6) is 1.54. The van der Waals surface area contributed by atoms with Crippen molar-refractivity contribution in [2.24, 2.45) is 5.41 Å². The summed E-state index contributed by atoms with van der Waals surface area (Å²) >= 11 is 0. The zero-order valence-electron chi connectivity index (χ0n) is 15.3. The first-order valence-corrected chi connectivity index (χ1v) is 8.77. The summed E-state index contributed by atoms with van der Waals surface area (Å²) in [5.41, 5.74) is 1.17. The first-order chi connectivity index (χ1) is 11.8. The van der Waals surface area contributed by atoms with Crippen LogP contribution in [0.3, 0.4) is 0 Å². The molecule has 0 fully saturated rings. The highest BCUT2D eigenvalue weighted by molar-refractivity contribution is 5.92. The van der Waals surface area contributed by atoms with Crippen molar-refractivity contribution >= 4 is 5.91 Å². The lowest BCUT2D eigenvalue weighted by Crippen LogP contribution is -2.37. The summed E-state index contributed by atoms with van der Waals surface area (Å²) in [6.45, 7) is 8.74. The summed E-state index contributed by atoms with van der Waals surface area (Å²) in [4.78, 5) is 24.5. The van der Waals surface area contributed by atoms with Crippen molar-refractivity contribution in [2.45, 2.75) is 59.5 Å². The number of aromatic nitrogens is 2. The third-order valence-corrected chi connectivity index (χ3v) is 4.58. The van der Waals surface area contributed by atoms with Crippen molar-refractivity contribution in [3.05, 3.63) is 51.3 Å². The van der Waals surface area contributed by atoms with Gasteiger partial charge in [0, 0.05) is 24.6 Å². The molecule has 1 aliphatic carbocycles. The molecule has 0 spiro atoms. The molecule has 1 atom stereocenters. The highest BCUT2D eigenvalue weighted by atomic mass is 16.3. The van der Waals surface area contributed by atoms with Crippen molar-refractivity contribution in [2.75, 3.05) is 0 Å². The van der Waals surface area contributed by atoms with Crippen LogP contribution >= 0.6 is 0 Å². The lowest BCUT2D eigenvalue weighted by molar-refractivity contribution is 0.0909. The molecule has 3 rings (SSSR count). The molecule has 2 heterocycles. The fourth-order valence-corrected chi connectivity index (χ4v) is 3.49. The average molecular weight is 343 g/mol. The average Bonchev–Trinajstić information content (AvgIpc) is 2.88. The van der Waals surface area contributed by atoms with Crippen molar-refractivity contribution in [1.82, 2.24) is 15.1 Å². The van der Waals surface area contributed by atoms with Gasteiger partial charge in [0.25, 0.3) is 11.5 Å². The second-order valence-corrected chi connectivity index (χ2v) is 7.59. The SMILES string of the molecule is CCCn1nc(C(=O)NC2CC(C)(C)Cc3oc(C)cc32)ccc1=O. The number of nitrogens with zero attached hydrogens (tertiary/aromatic N) is 2. The van der Waals surface area contributed by atoms with Crippen molar-refractivity contribution in [1.29, 1.82) is 0 Å². The Morgan fingerprint density at radius 2 is 2.20 bits per heavy atom. The first kappa shape index (κ1) is 17.5. The van der Waals surface area contributed by atoms with Gasteiger partial charge in [-0.3, -0.25) is 9.59 Å². The van der Waals surface area contributed by atoms with Gasteiger partial charge in [0.1, 0.15) is 17.2 Å². The summed E-state index contributed by atoms with van der Waals surface area (Å²) < 4.78 is 7.15. The Morgan fingerprint density at radius 1 is 1.44 bits per heavy atom. The molecule has 1 aliphatic rings. The molecule has 6 nitrogen and oxygen atoms in total. The molecule has 0 aliphatic heterocycles. The van der Waals surface area contributed by atoms with E-state index in [-0.39, 0.29) is 28.6 Å². The smallest absolute Gasteiger partial charge is 0.272 e. The Morgan fingerprint density at radius 3 is 2.92 bits per heavy atom. The van der Waals surface area contributed by atoms with Crippen LogP contribution < -0.4 is 10.9 Å². The van der Waals surface area contributed by atoms with Gasteiger partial charge in [-0.15, -0.1) is 0 Å². The summed E-state index contributed by atoms with van der Waals surface area (Å²) in [6, 6.07) is 4.77. The van der Waals surface area contributed by atoms with E-state index < -0.39 is 0 Å². The molecule has 2 aromatic rings. The van der Waals surface area contributed by atoms with Crippen molar-refractivity contribution < 1.29 is 9.21 Å². The molecule has 1 N–H and O–H groups in total. The number of rotatable bonds is 4. The molecule has 6 heteroatoms. The molecule has 1 amide bonds. The van der Waals surface area contributed by atoms with Gasteiger partial charge in [-0.05, 0) is 37.3 Å². The van der Waals surface area contributed by atoms with Crippen LogP contribution in [0.25, 0.3) is 0 Å². The monoisotopic (exact) mass is 343 g/mol.